The van der Waals surface area contributed by atoms with Crippen LogP contribution in [0.15, 0.2) is 24.3 Å². The molecule has 0 saturated carbocycles. The molecule has 1 rings (SSSR count). The fourth-order valence-electron chi connectivity index (χ4n) is 1.89. The predicted molar refractivity (Wildman–Crippen MR) is 76.6 cm³/mol. The summed E-state index contributed by atoms with van der Waals surface area (Å²) in [6.07, 6.45) is 5.09. The third-order valence-electron chi connectivity index (χ3n) is 2.85. The minimum Gasteiger partial charge on any atom is -0.326 e. The SMILES string of the molecule is CCCCCCNCc1ccccc1NC(C)=O. The highest BCUT2D eigenvalue weighted by molar-refractivity contribution is 5.89. The van der Waals surface area contributed by atoms with Crippen molar-refractivity contribution in [2.75, 3.05) is 11.9 Å². The average Bonchev–Trinajstić information content (AvgIpc) is 2.35. The molecule has 0 heterocycles. The molecule has 0 unspecified atom stereocenters. The van der Waals surface area contributed by atoms with Gasteiger partial charge >= 0.3 is 0 Å². The van der Waals surface area contributed by atoms with Gasteiger partial charge < -0.3 is 10.6 Å². The molecule has 0 bridgehead atoms. The molecule has 0 fully saturated rings. The first-order chi connectivity index (χ1) is 8.74. The molecule has 3 heteroatoms. The lowest BCUT2D eigenvalue weighted by Gasteiger charge is -2.10. The number of rotatable bonds is 8. The molecule has 0 aliphatic rings. The van der Waals surface area contributed by atoms with E-state index in [9.17, 15) is 4.79 Å². The predicted octanol–water partition coefficient (Wildman–Crippen LogP) is 3.31. The zero-order chi connectivity index (χ0) is 13.2. The lowest BCUT2D eigenvalue weighted by atomic mass is 10.1. The molecule has 18 heavy (non-hydrogen) atoms. The van der Waals surface area contributed by atoms with Crippen molar-refractivity contribution in [1.82, 2.24) is 5.32 Å². The summed E-state index contributed by atoms with van der Waals surface area (Å²) in [5, 5.41) is 6.28. The largest absolute Gasteiger partial charge is 0.326 e. The van der Waals surface area contributed by atoms with Gasteiger partial charge in [-0.05, 0) is 24.6 Å². The number of amides is 1. The summed E-state index contributed by atoms with van der Waals surface area (Å²) in [5.41, 5.74) is 2.05. The summed E-state index contributed by atoms with van der Waals surface area (Å²) < 4.78 is 0. The average molecular weight is 248 g/mol. The van der Waals surface area contributed by atoms with E-state index in [-0.39, 0.29) is 5.91 Å². The Morgan fingerprint density at radius 2 is 1.94 bits per heavy atom. The van der Waals surface area contributed by atoms with E-state index in [1.54, 1.807) is 0 Å². The van der Waals surface area contributed by atoms with Gasteiger partial charge in [-0.25, -0.2) is 0 Å². The monoisotopic (exact) mass is 248 g/mol. The minimum absolute atomic E-state index is 0.0228. The van der Waals surface area contributed by atoms with Crippen molar-refractivity contribution in [2.45, 2.75) is 46.1 Å². The summed E-state index contributed by atoms with van der Waals surface area (Å²) in [4.78, 5) is 11.1. The Morgan fingerprint density at radius 3 is 2.67 bits per heavy atom. The number of carbonyl (C=O) groups is 1. The maximum absolute atomic E-state index is 11.1. The number of unbranched alkanes of at least 4 members (excludes halogenated alkanes) is 3. The third kappa shape index (κ3) is 5.82. The quantitative estimate of drug-likeness (QED) is 0.693. The Hall–Kier alpha value is -1.35. The second kappa shape index (κ2) is 8.70. The molecule has 0 aliphatic carbocycles. The van der Waals surface area contributed by atoms with Crippen molar-refractivity contribution in [3.8, 4) is 0 Å². The fourth-order valence-corrected chi connectivity index (χ4v) is 1.89. The molecular formula is C15H24N2O. The molecule has 3 nitrogen and oxygen atoms in total. The van der Waals surface area contributed by atoms with Gasteiger partial charge in [0.2, 0.25) is 5.91 Å². The van der Waals surface area contributed by atoms with Crippen LogP contribution in [0, 0.1) is 0 Å². The molecule has 0 aromatic heterocycles. The minimum atomic E-state index is -0.0228. The van der Waals surface area contributed by atoms with Crippen molar-refractivity contribution >= 4 is 11.6 Å². The highest BCUT2D eigenvalue weighted by Crippen LogP contribution is 2.14. The molecule has 0 spiro atoms. The molecule has 1 amide bonds. The zero-order valence-electron chi connectivity index (χ0n) is 11.5. The maximum atomic E-state index is 11.1. The van der Waals surface area contributed by atoms with Gasteiger partial charge in [-0.3, -0.25) is 4.79 Å². The summed E-state index contributed by atoms with van der Waals surface area (Å²) in [5.74, 6) is -0.0228. The lowest BCUT2D eigenvalue weighted by Crippen LogP contribution is -2.17. The summed E-state index contributed by atoms with van der Waals surface area (Å²) >= 11 is 0. The molecule has 100 valence electrons. The van der Waals surface area contributed by atoms with Crippen molar-refractivity contribution < 1.29 is 4.79 Å². The molecular weight excluding hydrogens is 224 g/mol. The number of para-hydroxylation sites is 1. The fraction of sp³-hybridized carbons (Fsp3) is 0.533. The van der Waals surface area contributed by atoms with Crippen molar-refractivity contribution in [2.24, 2.45) is 0 Å². The first kappa shape index (κ1) is 14.7. The van der Waals surface area contributed by atoms with Crippen LogP contribution in [0.4, 0.5) is 5.69 Å². The van der Waals surface area contributed by atoms with E-state index < -0.39 is 0 Å². The number of hydrogen-bond acceptors (Lipinski definition) is 2. The molecule has 1 aromatic carbocycles. The summed E-state index contributed by atoms with van der Waals surface area (Å²) in [7, 11) is 0. The van der Waals surface area contributed by atoms with Gasteiger partial charge in [-0.1, -0.05) is 44.4 Å². The van der Waals surface area contributed by atoms with E-state index >= 15 is 0 Å². The van der Waals surface area contributed by atoms with Crippen LogP contribution in [0.2, 0.25) is 0 Å². The zero-order valence-corrected chi connectivity index (χ0v) is 11.5. The number of benzene rings is 1. The second-order valence-corrected chi connectivity index (χ2v) is 4.58. The number of hydrogen-bond donors (Lipinski definition) is 2. The Labute approximate surface area is 110 Å². The van der Waals surface area contributed by atoms with Crippen LogP contribution < -0.4 is 10.6 Å². The van der Waals surface area contributed by atoms with Gasteiger partial charge in [0.15, 0.2) is 0 Å². The van der Waals surface area contributed by atoms with Crippen LogP contribution in [0.3, 0.4) is 0 Å². The van der Waals surface area contributed by atoms with Crippen LogP contribution in [-0.2, 0) is 11.3 Å². The normalized spacial score (nSPS) is 10.3. The summed E-state index contributed by atoms with van der Waals surface area (Å²) in [6, 6.07) is 7.93. The standard InChI is InChI=1S/C15H24N2O/c1-3-4-5-8-11-16-12-14-9-6-7-10-15(14)17-13(2)18/h6-7,9-10,16H,3-5,8,11-12H2,1-2H3,(H,17,18). The van der Waals surface area contributed by atoms with E-state index in [4.69, 9.17) is 0 Å². The van der Waals surface area contributed by atoms with Gasteiger partial charge in [-0.2, -0.15) is 0 Å². The molecule has 1 aromatic rings. The Morgan fingerprint density at radius 1 is 1.17 bits per heavy atom. The van der Waals surface area contributed by atoms with Gasteiger partial charge in [-0.15, -0.1) is 0 Å². The number of carbonyl (C=O) groups excluding carboxylic acids is 1. The summed E-state index contributed by atoms with van der Waals surface area (Å²) in [6.45, 7) is 5.60. The maximum Gasteiger partial charge on any atom is 0.221 e. The van der Waals surface area contributed by atoms with E-state index in [2.05, 4.69) is 17.6 Å². The van der Waals surface area contributed by atoms with Crippen LogP contribution in [-0.4, -0.2) is 12.5 Å². The van der Waals surface area contributed by atoms with Gasteiger partial charge in [0.1, 0.15) is 0 Å². The van der Waals surface area contributed by atoms with E-state index in [0.29, 0.717) is 0 Å². The van der Waals surface area contributed by atoms with Crippen molar-refractivity contribution in [3.63, 3.8) is 0 Å². The molecule has 0 radical (unpaired) electrons. The smallest absolute Gasteiger partial charge is 0.221 e. The Balaban J connectivity index is 2.34. The first-order valence-corrected chi connectivity index (χ1v) is 6.80. The van der Waals surface area contributed by atoms with Crippen LogP contribution >= 0.6 is 0 Å². The molecule has 0 atom stereocenters. The number of nitrogens with one attached hydrogen (secondary N) is 2. The van der Waals surface area contributed by atoms with Gasteiger partial charge in [0.05, 0.1) is 0 Å². The van der Waals surface area contributed by atoms with Crippen LogP contribution in [0.1, 0.15) is 45.1 Å². The van der Waals surface area contributed by atoms with E-state index in [1.807, 2.05) is 24.3 Å². The molecule has 0 aliphatic heterocycles. The third-order valence-corrected chi connectivity index (χ3v) is 2.85. The second-order valence-electron chi connectivity index (χ2n) is 4.58. The van der Waals surface area contributed by atoms with Gasteiger partial charge in [0.25, 0.3) is 0 Å². The first-order valence-electron chi connectivity index (χ1n) is 6.80. The van der Waals surface area contributed by atoms with Crippen LogP contribution in [0.5, 0.6) is 0 Å². The molecule has 2 N–H and O–H groups in total. The topological polar surface area (TPSA) is 41.1 Å². The van der Waals surface area contributed by atoms with Gasteiger partial charge in [0, 0.05) is 19.2 Å². The van der Waals surface area contributed by atoms with E-state index in [0.717, 1.165) is 24.3 Å². The highest BCUT2D eigenvalue weighted by Gasteiger charge is 2.02. The highest BCUT2D eigenvalue weighted by atomic mass is 16.1. The van der Waals surface area contributed by atoms with Crippen molar-refractivity contribution in [1.29, 1.82) is 0 Å². The molecule has 0 saturated heterocycles. The van der Waals surface area contributed by atoms with E-state index in [1.165, 1.54) is 32.6 Å². The number of anilines is 1. The van der Waals surface area contributed by atoms with Crippen LogP contribution in [0.25, 0.3) is 0 Å². The van der Waals surface area contributed by atoms with Crippen molar-refractivity contribution in [3.05, 3.63) is 29.8 Å². The lowest BCUT2D eigenvalue weighted by molar-refractivity contribution is -0.114. The Bertz CT molecular complexity index is 363. The Kier molecular flexibility index (Phi) is 7.11.